The normalized spacial score (nSPS) is 18.2. The highest BCUT2D eigenvalue weighted by atomic mass is 32.2. The van der Waals surface area contributed by atoms with Crippen LogP contribution in [0.15, 0.2) is 23.1 Å². The Bertz CT molecular complexity index is 665. The Kier molecular flexibility index (Phi) is 4.24. The maximum atomic E-state index is 12.3. The van der Waals surface area contributed by atoms with E-state index in [0.29, 0.717) is 24.7 Å². The van der Waals surface area contributed by atoms with Crippen LogP contribution in [0, 0.1) is 0 Å². The van der Waals surface area contributed by atoms with E-state index in [0.717, 1.165) is 25.7 Å². The largest absolute Gasteiger partial charge is 0.486 e. The van der Waals surface area contributed by atoms with Gasteiger partial charge in [-0.15, -0.1) is 0 Å². The highest BCUT2D eigenvalue weighted by Crippen LogP contribution is 2.32. The average Bonchev–Trinajstić information content (AvgIpc) is 2.99. The summed E-state index contributed by atoms with van der Waals surface area (Å²) in [5.74, 6) is -0.0470. The predicted molar refractivity (Wildman–Crippen MR) is 79.9 cm³/mol. The molecule has 0 atom stereocenters. The van der Waals surface area contributed by atoms with Crippen molar-refractivity contribution in [1.29, 1.82) is 0 Å². The predicted octanol–water partition coefficient (Wildman–Crippen LogP) is 1.29. The molecule has 1 amide bonds. The maximum absolute atomic E-state index is 12.3. The third-order valence-electron chi connectivity index (χ3n) is 3.91. The molecule has 0 bridgehead atoms. The van der Waals surface area contributed by atoms with Crippen LogP contribution in [0.5, 0.6) is 11.5 Å². The number of nitrogens with one attached hydrogen (secondary N) is 1. The van der Waals surface area contributed by atoms with Crippen LogP contribution in [0.4, 0.5) is 0 Å². The number of fused-ring (bicyclic) bond motifs is 1. The lowest BCUT2D eigenvalue weighted by molar-refractivity contribution is -0.119. The lowest BCUT2D eigenvalue weighted by Gasteiger charge is -2.19. The monoisotopic (exact) mass is 325 g/mol. The minimum Gasteiger partial charge on any atom is -0.486 e. The molecule has 1 aliphatic heterocycles. The van der Waals surface area contributed by atoms with Crippen LogP contribution < -0.4 is 14.8 Å². The Labute approximate surface area is 129 Å². The first kappa shape index (κ1) is 15.1. The lowest BCUT2D eigenvalue weighted by atomic mass is 10.2. The minimum atomic E-state index is -3.68. The molecule has 1 aliphatic carbocycles. The lowest BCUT2D eigenvalue weighted by Crippen LogP contribution is -2.36. The van der Waals surface area contributed by atoms with Crippen molar-refractivity contribution in [1.82, 2.24) is 5.32 Å². The summed E-state index contributed by atoms with van der Waals surface area (Å²) in [6, 6.07) is 4.55. The van der Waals surface area contributed by atoms with Crippen molar-refractivity contribution < 1.29 is 22.7 Å². The molecule has 1 fully saturated rings. The zero-order chi connectivity index (χ0) is 15.6. The van der Waals surface area contributed by atoms with Gasteiger partial charge in [0.25, 0.3) is 0 Å². The molecule has 0 spiro atoms. The summed E-state index contributed by atoms with van der Waals surface area (Å²) in [7, 11) is -3.68. The summed E-state index contributed by atoms with van der Waals surface area (Å²) in [5.41, 5.74) is 0. The van der Waals surface area contributed by atoms with Gasteiger partial charge in [0.1, 0.15) is 19.0 Å². The fourth-order valence-corrected chi connectivity index (χ4v) is 3.97. The fraction of sp³-hybridized carbons (Fsp3) is 0.533. The molecule has 2 aliphatic rings. The van der Waals surface area contributed by atoms with E-state index in [9.17, 15) is 13.2 Å². The van der Waals surface area contributed by atoms with Crippen LogP contribution >= 0.6 is 0 Å². The molecule has 1 N–H and O–H groups in total. The Hall–Kier alpha value is -1.76. The number of ether oxygens (including phenoxy) is 2. The molecule has 0 unspecified atom stereocenters. The molecule has 7 heteroatoms. The zero-order valence-electron chi connectivity index (χ0n) is 12.2. The highest BCUT2D eigenvalue weighted by molar-refractivity contribution is 7.92. The van der Waals surface area contributed by atoms with E-state index in [2.05, 4.69) is 5.32 Å². The van der Waals surface area contributed by atoms with Crippen molar-refractivity contribution in [2.24, 2.45) is 0 Å². The number of rotatable bonds is 4. The van der Waals surface area contributed by atoms with Gasteiger partial charge in [0.2, 0.25) is 5.91 Å². The minimum absolute atomic E-state index is 0.0818. The zero-order valence-corrected chi connectivity index (χ0v) is 13.0. The van der Waals surface area contributed by atoms with Crippen LogP contribution in [-0.2, 0) is 14.6 Å². The van der Waals surface area contributed by atoms with Gasteiger partial charge in [-0.25, -0.2) is 8.42 Å². The molecule has 1 aromatic carbocycles. The smallest absolute Gasteiger partial charge is 0.235 e. The van der Waals surface area contributed by atoms with Gasteiger partial charge in [0.15, 0.2) is 21.3 Å². The van der Waals surface area contributed by atoms with E-state index in [1.807, 2.05) is 0 Å². The van der Waals surface area contributed by atoms with Gasteiger partial charge in [-0.3, -0.25) is 4.79 Å². The van der Waals surface area contributed by atoms with Crippen molar-refractivity contribution in [3.63, 3.8) is 0 Å². The molecule has 1 aromatic rings. The van der Waals surface area contributed by atoms with Gasteiger partial charge in [-0.1, -0.05) is 12.8 Å². The summed E-state index contributed by atoms with van der Waals surface area (Å²) in [6.07, 6.45) is 4.02. The quantitative estimate of drug-likeness (QED) is 0.902. The van der Waals surface area contributed by atoms with Crippen molar-refractivity contribution in [2.45, 2.75) is 36.6 Å². The summed E-state index contributed by atoms with van der Waals surface area (Å²) in [5, 5.41) is 2.79. The van der Waals surface area contributed by atoms with E-state index in [-0.39, 0.29) is 10.9 Å². The van der Waals surface area contributed by atoms with Crippen LogP contribution in [0.3, 0.4) is 0 Å². The highest BCUT2D eigenvalue weighted by Gasteiger charge is 2.24. The van der Waals surface area contributed by atoms with E-state index < -0.39 is 21.5 Å². The van der Waals surface area contributed by atoms with Gasteiger partial charge < -0.3 is 14.8 Å². The molecule has 22 heavy (non-hydrogen) atoms. The van der Waals surface area contributed by atoms with Gasteiger partial charge in [0, 0.05) is 12.1 Å². The van der Waals surface area contributed by atoms with Crippen LogP contribution in [-0.4, -0.2) is 39.3 Å². The molecule has 3 rings (SSSR count). The molecular formula is C15H19NO5S. The Morgan fingerprint density at radius 3 is 2.55 bits per heavy atom. The molecule has 0 aromatic heterocycles. The second-order valence-corrected chi connectivity index (χ2v) is 7.60. The number of hydrogen-bond donors (Lipinski definition) is 1. The second-order valence-electron chi connectivity index (χ2n) is 5.61. The van der Waals surface area contributed by atoms with Crippen molar-refractivity contribution in [3.8, 4) is 11.5 Å². The molecule has 0 radical (unpaired) electrons. The van der Waals surface area contributed by atoms with Gasteiger partial charge in [-0.05, 0) is 25.0 Å². The number of hydrogen-bond acceptors (Lipinski definition) is 5. The van der Waals surface area contributed by atoms with Crippen molar-refractivity contribution in [3.05, 3.63) is 18.2 Å². The number of carbonyl (C=O) groups is 1. The number of sulfone groups is 1. The summed E-state index contributed by atoms with van der Waals surface area (Å²) >= 11 is 0. The Morgan fingerprint density at radius 2 is 1.82 bits per heavy atom. The summed E-state index contributed by atoms with van der Waals surface area (Å²) in [6.45, 7) is 0.835. The molecule has 1 heterocycles. The topological polar surface area (TPSA) is 81.7 Å². The molecular weight excluding hydrogens is 306 g/mol. The first-order valence-corrected chi connectivity index (χ1v) is 9.11. The fourth-order valence-electron chi connectivity index (χ4n) is 2.81. The SMILES string of the molecule is O=C(CS(=O)(=O)c1ccc2c(c1)OCCO2)NC1CCCC1. The maximum Gasteiger partial charge on any atom is 0.235 e. The third-order valence-corrected chi connectivity index (χ3v) is 5.53. The third kappa shape index (κ3) is 3.35. The van der Waals surface area contributed by atoms with Crippen LogP contribution in [0.25, 0.3) is 0 Å². The molecule has 0 saturated heterocycles. The van der Waals surface area contributed by atoms with Gasteiger partial charge in [0.05, 0.1) is 4.90 Å². The number of carbonyl (C=O) groups excluding carboxylic acids is 1. The van der Waals surface area contributed by atoms with E-state index >= 15 is 0 Å². The van der Waals surface area contributed by atoms with Crippen molar-refractivity contribution in [2.75, 3.05) is 19.0 Å². The standard InChI is InChI=1S/C15H19NO5S/c17-15(16-11-3-1-2-4-11)10-22(18,19)12-5-6-13-14(9-12)21-8-7-20-13/h5-6,9,11H,1-4,7-8,10H2,(H,16,17). The Morgan fingerprint density at radius 1 is 1.14 bits per heavy atom. The van der Waals surface area contributed by atoms with Crippen LogP contribution in [0.2, 0.25) is 0 Å². The Balaban J connectivity index is 1.70. The summed E-state index contributed by atoms with van der Waals surface area (Å²) in [4.78, 5) is 12.0. The molecule has 6 nitrogen and oxygen atoms in total. The summed E-state index contributed by atoms with van der Waals surface area (Å²) < 4.78 is 35.4. The first-order chi connectivity index (χ1) is 10.5. The van der Waals surface area contributed by atoms with E-state index in [1.54, 1.807) is 6.07 Å². The average molecular weight is 325 g/mol. The van der Waals surface area contributed by atoms with Gasteiger partial charge >= 0.3 is 0 Å². The van der Waals surface area contributed by atoms with Gasteiger partial charge in [-0.2, -0.15) is 0 Å². The van der Waals surface area contributed by atoms with E-state index in [1.165, 1.54) is 12.1 Å². The number of benzene rings is 1. The second kappa shape index (κ2) is 6.16. The van der Waals surface area contributed by atoms with Crippen molar-refractivity contribution >= 4 is 15.7 Å². The first-order valence-electron chi connectivity index (χ1n) is 7.46. The van der Waals surface area contributed by atoms with E-state index in [4.69, 9.17) is 9.47 Å². The van der Waals surface area contributed by atoms with Crippen LogP contribution in [0.1, 0.15) is 25.7 Å². The molecule has 1 saturated carbocycles. The number of amides is 1. The molecule has 120 valence electrons.